The van der Waals surface area contributed by atoms with Gasteiger partial charge in [-0.1, -0.05) is 48.3 Å². The zero-order valence-electron chi connectivity index (χ0n) is 10.5. The van der Waals surface area contributed by atoms with Crippen molar-refractivity contribution in [2.24, 2.45) is 0 Å². The highest BCUT2D eigenvalue weighted by atomic mass is 35.5. The van der Waals surface area contributed by atoms with Gasteiger partial charge in [0.1, 0.15) is 5.82 Å². The van der Waals surface area contributed by atoms with Crippen molar-refractivity contribution in [1.29, 1.82) is 0 Å². The Balaban J connectivity index is 2.41. The van der Waals surface area contributed by atoms with E-state index in [1.54, 1.807) is 24.3 Å². The normalized spacial score (nSPS) is 12.4. The van der Waals surface area contributed by atoms with E-state index in [2.05, 4.69) is 5.32 Å². The molecule has 0 aliphatic carbocycles. The molecule has 0 heterocycles. The van der Waals surface area contributed by atoms with E-state index in [9.17, 15) is 4.39 Å². The van der Waals surface area contributed by atoms with Crippen LogP contribution in [0, 0.1) is 5.82 Å². The van der Waals surface area contributed by atoms with Crippen LogP contribution in [0.5, 0.6) is 0 Å². The zero-order chi connectivity index (χ0) is 13.8. The van der Waals surface area contributed by atoms with Crippen molar-refractivity contribution in [1.82, 2.24) is 5.32 Å². The van der Waals surface area contributed by atoms with Gasteiger partial charge in [0, 0.05) is 15.6 Å². The van der Waals surface area contributed by atoms with Gasteiger partial charge in [-0.15, -0.1) is 0 Å². The third-order valence-electron chi connectivity index (χ3n) is 2.89. The van der Waals surface area contributed by atoms with Gasteiger partial charge >= 0.3 is 0 Å². The van der Waals surface area contributed by atoms with Gasteiger partial charge in [-0.3, -0.25) is 0 Å². The molecule has 0 saturated carbocycles. The maximum atomic E-state index is 14.0. The number of rotatable bonds is 4. The van der Waals surface area contributed by atoms with Crippen LogP contribution in [0.2, 0.25) is 10.0 Å². The first-order valence-electron chi connectivity index (χ1n) is 6.05. The van der Waals surface area contributed by atoms with Crippen molar-refractivity contribution in [3.8, 4) is 0 Å². The first kappa shape index (κ1) is 14.3. The van der Waals surface area contributed by atoms with Crippen LogP contribution < -0.4 is 5.32 Å². The van der Waals surface area contributed by atoms with Crippen LogP contribution >= 0.6 is 23.2 Å². The lowest BCUT2D eigenvalue weighted by molar-refractivity contribution is 0.559. The molecule has 19 heavy (non-hydrogen) atoms. The molecule has 0 spiro atoms. The lowest BCUT2D eigenvalue weighted by atomic mass is 9.98. The Labute approximate surface area is 122 Å². The van der Waals surface area contributed by atoms with Crippen molar-refractivity contribution in [3.63, 3.8) is 0 Å². The second-order valence-electron chi connectivity index (χ2n) is 4.21. The van der Waals surface area contributed by atoms with Gasteiger partial charge in [0.25, 0.3) is 0 Å². The predicted octanol–water partition coefficient (Wildman–Crippen LogP) is 4.83. The summed E-state index contributed by atoms with van der Waals surface area (Å²) in [6.45, 7) is 2.71. The molecule has 0 bridgehead atoms. The van der Waals surface area contributed by atoms with E-state index in [0.29, 0.717) is 15.6 Å². The van der Waals surface area contributed by atoms with Gasteiger partial charge in [-0.05, 0) is 36.4 Å². The van der Waals surface area contributed by atoms with Crippen LogP contribution in [0.4, 0.5) is 4.39 Å². The predicted molar refractivity (Wildman–Crippen MR) is 78.4 cm³/mol. The van der Waals surface area contributed by atoms with Crippen molar-refractivity contribution in [2.75, 3.05) is 6.54 Å². The topological polar surface area (TPSA) is 12.0 Å². The monoisotopic (exact) mass is 297 g/mol. The number of hydrogen-bond donors (Lipinski definition) is 1. The molecule has 2 rings (SSSR count). The summed E-state index contributed by atoms with van der Waals surface area (Å²) in [4.78, 5) is 0. The highest BCUT2D eigenvalue weighted by molar-refractivity contribution is 6.30. The number of halogens is 3. The molecule has 0 fully saturated rings. The molecule has 0 aromatic heterocycles. The van der Waals surface area contributed by atoms with Crippen LogP contribution in [0.15, 0.2) is 42.5 Å². The van der Waals surface area contributed by atoms with E-state index < -0.39 is 0 Å². The summed E-state index contributed by atoms with van der Waals surface area (Å²) in [5, 5.41) is 4.33. The molecule has 1 unspecified atom stereocenters. The van der Waals surface area contributed by atoms with Crippen LogP contribution in [-0.4, -0.2) is 6.54 Å². The Morgan fingerprint density at radius 2 is 1.68 bits per heavy atom. The second kappa shape index (κ2) is 6.38. The van der Waals surface area contributed by atoms with Gasteiger partial charge < -0.3 is 5.32 Å². The van der Waals surface area contributed by atoms with Crippen LogP contribution in [0.3, 0.4) is 0 Å². The van der Waals surface area contributed by atoms with Crippen molar-refractivity contribution in [3.05, 3.63) is 69.5 Å². The van der Waals surface area contributed by atoms with E-state index in [4.69, 9.17) is 23.2 Å². The largest absolute Gasteiger partial charge is 0.306 e. The minimum atomic E-state index is -0.312. The molecule has 0 amide bonds. The maximum absolute atomic E-state index is 14.0. The lowest BCUT2D eigenvalue weighted by Gasteiger charge is -2.19. The molecule has 2 aromatic carbocycles. The highest BCUT2D eigenvalue weighted by Crippen LogP contribution is 2.27. The first-order chi connectivity index (χ1) is 9.11. The van der Waals surface area contributed by atoms with E-state index in [1.165, 1.54) is 6.07 Å². The fraction of sp³-hybridized carbons (Fsp3) is 0.200. The Kier molecular flexibility index (Phi) is 4.81. The van der Waals surface area contributed by atoms with Crippen LogP contribution in [0.1, 0.15) is 24.1 Å². The van der Waals surface area contributed by atoms with Crippen LogP contribution in [0.25, 0.3) is 0 Å². The van der Waals surface area contributed by atoms with Gasteiger partial charge in [0.2, 0.25) is 0 Å². The van der Waals surface area contributed by atoms with E-state index >= 15 is 0 Å². The molecule has 1 nitrogen and oxygen atoms in total. The fourth-order valence-electron chi connectivity index (χ4n) is 2.00. The first-order valence-corrected chi connectivity index (χ1v) is 6.81. The van der Waals surface area contributed by atoms with E-state index in [-0.39, 0.29) is 11.9 Å². The quantitative estimate of drug-likeness (QED) is 0.852. The lowest BCUT2D eigenvalue weighted by Crippen LogP contribution is -2.22. The molecule has 1 N–H and O–H groups in total. The minimum Gasteiger partial charge on any atom is -0.306 e. The summed E-state index contributed by atoms with van der Waals surface area (Å²) >= 11 is 11.7. The SMILES string of the molecule is CCNC(c1ccc(Cl)cc1)c1ccc(Cl)cc1F. The molecular formula is C15H14Cl2FN. The molecule has 2 aromatic rings. The highest BCUT2D eigenvalue weighted by Gasteiger charge is 2.17. The zero-order valence-corrected chi connectivity index (χ0v) is 12.0. The average molecular weight is 298 g/mol. The van der Waals surface area contributed by atoms with Gasteiger partial charge in [-0.2, -0.15) is 0 Å². The molecule has 1 atom stereocenters. The molecule has 0 radical (unpaired) electrons. The Hall–Kier alpha value is -1.09. The molecule has 0 aliphatic rings. The summed E-state index contributed by atoms with van der Waals surface area (Å²) in [7, 11) is 0. The third kappa shape index (κ3) is 3.47. The molecule has 0 saturated heterocycles. The summed E-state index contributed by atoms with van der Waals surface area (Å²) in [5.41, 5.74) is 1.54. The fourth-order valence-corrected chi connectivity index (χ4v) is 2.29. The van der Waals surface area contributed by atoms with Gasteiger partial charge in [-0.25, -0.2) is 4.39 Å². The number of nitrogens with one attached hydrogen (secondary N) is 1. The third-order valence-corrected chi connectivity index (χ3v) is 3.37. The Morgan fingerprint density at radius 1 is 1.05 bits per heavy atom. The Morgan fingerprint density at radius 3 is 2.26 bits per heavy atom. The molecule has 100 valence electrons. The maximum Gasteiger partial charge on any atom is 0.129 e. The summed E-state index contributed by atoms with van der Waals surface area (Å²) in [6, 6.07) is 11.9. The minimum absolute atomic E-state index is 0.209. The standard InChI is InChI=1S/C15H14Cl2FN/c1-2-19-15(10-3-5-11(16)6-4-10)13-8-7-12(17)9-14(13)18/h3-9,15,19H,2H2,1H3. The van der Waals surface area contributed by atoms with Gasteiger partial charge in [0.15, 0.2) is 0 Å². The van der Waals surface area contributed by atoms with E-state index in [0.717, 1.165) is 12.1 Å². The van der Waals surface area contributed by atoms with Crippen molar-refractivity contribution in [2.45, 2.75) is 13.0 Å². The number of benzene rings is 2. The van der Waals surface area contributed by atoms with Gasteiger partial charge in [0.05, 0.1) is 6.04 Å². The number of hydrogen-bond acceptors (Lipinski definition) is 1. The van der Waals surface area contributed by atoms with E-state index in [1.807, 2.05) is 19.1 Å². The van der Waals surface area contributed by atoms with Crippen LogP contribution in [-0.2, 0) is 0 Å². The average Bonchev–Trinajstić information content (AvgIpc) is 2.38. The summed E-state index contributed by atoms with van der Waals surface area (Å²) < 4.78 is 14.0. The molecular weight excluding hydrogens is 284 g/mol. The molecule has 0 aliphatic heterocycles. The Bertz CT molecular complexity index is 555. The van der Waals surface area contributed by atoms with Crippen molar-refractivity contribution < 1.29 is 4.39 Å². The van der Waals surface area contributed by atoms with Crippen molar-refractivity contribution >= 4 is 23.2 Å². The summed E-state index contributed by atoms with van der Waals surface area (Å²) in [5.74, 6) is -0.312. The second-order valence-corrected chi connectivity index (χ2v) is 5.08. The molecule has 4 heteroatoms. The summed E-state index contributed by atoms with van der Waals surface area (Å²) in [6.07, 6.45) is 0. The smallest absolute Gasteiger partial charge is 0.129 e.